The molecule has 1 aromatic carbocycles. The molecule has 2 aromatic rings. The van der Waals surface area contributed by atoms with Gasteiger partial charge in [-0.2, -0.15) is 0 Å². The molecule has 1 fully saturated rings. The summed E-state index contributed by atoms with van der Waals surface area (Å²) in [6.07, 6.45) is 2.29. The second kappa shape index (κ2) is 3.84. The van der Waals surface area contributed by atoms with Gasteiger partial charge in [0.05, 0.1) is 6.04 Å². The largest absolute Gasteiger partial charge is 0.398 e. The molecule has 0 saturated heterocycles. The third-order valence-electron chi connectivity index (χ3n) is 3.39. The molecule has 1 aromatic heterocycles. The van der Waals surface area contributed by atoms with Gasteiger partial charge in [-0.1, -0.05) is 19.1 Å². The van der Waals surface area contributed by atoms with Crippen molar-refractivity contribution in [2.24, 2.45) is 5.92 Å². The highest BCUT2D eigenvalue weighted by Gasteiger charge is 2.30. The van der Waals surface area contributed by atoms with Crippen molar-refractivity contribution < 1.29 is 0 Å². The number of para-hydroxylation sites is 1. The van der Waals surface area contributed by atoms with E-state index in [0.717, 1.165) is 35.8 Å². The summed E-state index contributed by atoms with van der Waals surface area (Å²) in [6.45, 7) is 2.25. The predicted octanol–water partition coefficient (Wildman–Crippen LogP) is 1.89. The number of aromatic nitrogens is 4. The maximum Gasteiger partial charge on any atom is 0.184 e. The van der Waals surface area contributed by atoms with Crippen molar-refractivity contribution in [1.29, 1.82) is 0 Å². The summed E-state index contributed by atoms with van der Waals surface area (Å²) in [4.78, 5) is 0. The van der Waals surface area contributed by atoms with Crippen LogP contribution >= 0.6 is 0 Å². The first-order chi connectivity index (χ1) is 8.25. The number of hydrogen-bond acceptors (Lipinski definition) is 4. The quantitative estimate of drug-likeness (QED) is 0.798. The normalized spacial score (nSPS) is 23.4. The van der Waals surface area contributed by atoms with Crippen molar-refractivity contribution in [2.45, 2.75) is 25.8 Å². The zero-order chi connectivity index (χ0) is 11.8. The molecular formula is C12H15N5. The van der Waals surface area contributed by atoms with Crippen molar-refractivity contribution in [2.75, 3.05) is 5.73 Å². The number of anilines is 1. The van der Waals surface area contributed by atoms with E-state index in [4.69, 9.17) is 5.73 Å². The number of tetrazole rings is 1. The van der Waals surface area contributed by atoms with E-state index in [2.05, 4.69) is 22.4 Å². The number of nitrogen functional groups attached to an aromatic ring is 1. The van der Waals surface area contributed by atoms with E-state index in [-0.39, 0.29) is 0 Å². The molecular weight excluding hydrogens is 214 g/mol. The summed E-state index contributed by atoms with van der Waals surface area (Å²) >= 11 is 0. The van der Waals surface area contributed by atoms with E-state index in [0.29, 0.717) is 6.04 Å². The van der Waals surface area contributed by atoms with Gasteiger partial charge in [0.15, 0.2) is 5.82 Å². The van der Waals surface area contributed by atoms with Crippen molar-refractivity contribution >= 4 is 5.69 Å². The Labute approximate surface area is 99.6 Å². The van der Waals surface area contributed by atoms with Gasteiger partial charge in [-0.15, -0.1) is 5.10 Å². The van der Waals surface area contributed by atoms with Gasteiger partial charge in [-0.3, -0.25) is 0 Å². The predicted molar refractivity (Wildman–Crippen MR) is 65.1 cm³/mol. The zero-order valence-corrected chi connectivity index (χ0v) is 9.74. The molecule has 1 aliphatic carbocycles. The Morgan fingerprint density at radius 1 is 1.29 bits per heavy atom. The number of rotatable bonds is 2. The second-order valence-electron chi connectivity index (χ2n) is 4.76. The first kappa shape index (κ1) is 10.3. The highest BCUT2D eigenvalue weighted by molar-refractivity contribution is 5.71. The van der Waals surface area contributed by atoms with E-state index in [1.165, 1.54) is 0 Å². The summed E-state index contributed by atoms with van der Waals surface area (Å²) in [5, 5.41) is 12.0. The first-order valence-electron chi connectivity index (χ1n) is 5.88. The highest BCUT2D eigenvalue weighted by Crippen LogP contribution is 2.38. The van der Waals surface area contributed by atoms with Crippen LogP contribution in [0.5, 0.6) is 0 Å². The van der Waals surface area contributed by atoms with Crippen LogP contribution < -0.4 is 5.73 Å². The Kier molecular flexibility index (Phi) is 2.31. The summed E-state index contributed by atoms with van der Waals surface area (Å²) in [7, 11) is 0. The fraction of sp³-hybridized carbons (Fsp3) is 0.417. The second-order valence-corrected chi connectivity index (χ2v) is 4.76. The Hall–Kier alpha value is -1.91. The molecule has 1 aliphatic rings. The fourth-order valence-corrected chi connectivity index (χ4v) is 2.38. The molecule has 17 heavy (non-hydrogen) atoms. The van der Waals surface area contributed by atoms with E-state index >= 15 is 0 Å². The van der Waals surface area contributed by atoms with Crippen molar-refractivity contribution in [3.05, 3.63) is 24.3 Å². The maximum absolute atomic E-state index is 5.96. The number of hydrogen-bond donors (Lipinski definition) is 1. The minimum atomic E-state index is 0.426. The van der Waals surface area contributed by atoms with Gasteiger partial charge < -0.3 is 5.73 Å². The van der Waals surface area contributed by atoms with Gasteiger partial charge in [-0.25, -0.2) is 4.68 Å². The zero-order valence-electron chi connectivity index (χ0n) is 9.74. The molecule has 88 valence electrons. The van der Waals surface area contributed by atoms with Crippen LogP contribution in [0.25, 0.3) is 11.4 Å². The van der Waals surface area contributed by atoms with Crippen LogP contribution in [-0.2, 0) is 0 Å². The van der Waals surface area contributed by atoms with E-state index < -0.39 is 0 Å². The van der Waals surface area contributed by atoms with Crippen LogP contribution in [0.3, 0.4) is 0 Å². The van der Waals surface area contributed by atoms with Crippen molar-refractivity contribution in [3.8, 4) is 11.4 Å². The lowest BCUT2D eigenvalue weighted by molar-refractivity contribution is 0.199. The minimum Gasteiger partial charge on any atom is -0.398 e. The Morgan fingerprint density at radius 2 is 2.06 bits per heavy atom. The van der Waals surface area contributed by atoms with Crippen LogP contribution in [0.2, 0.25) is 0 Å². The van der Waals surface area contributed by atoms with Crippen LogP contribution in [0.4, 0.5) is 5.69 Å². The molecule has 0 spiro atoms. The smallest absolute Gasteiger partial charge is 0.184 e. The molecule has 0 amide bonds. The number of benzene rings is 1. The molecule has 0 atom stereocenters. The van der Waals surface area contributed by atoms with E-state index in [9.17, 15) is 0 Å². The lowest BCUT2D eigenvalue weighted by Crippen LogP contribution is -2.26. The van der Waals surface area contributed by atoms with Gasteiger partial charge in [0, 0.05) is 11.3 Å². The molecule has 5 heteroatoms. The summed E-state index contributed by atoms with van der Waals surface area (Å²) < 4.78 is 1.91. The molecule has 2 N–H and O–H groups in total. The minimum absolute atomic E-state index is 0.426. The lowest BCUT2D eigenvalue weighted by atomic mass is 9.82. The Balaban J connectivity index is 1.99. The number of nitrogens with zero attached hydrogens (tertiary/aromatic N) is 4. The summed E-state index contributed by atoms with van der Waals surface area (Å²) in [5.74, 6) is 1.55. The third kappa shape index (κ3) is 1.67. The topological polar surface area (TPSA) is 69.6 Å². The molecule has 0 radical (unpaired) electrons. The fourth-order valence-electron chi connectivity index (χ4n) is 2.38. The molecule has 0 unspecified atom stereocenters. The van der Waals surface area contributed by atoms with E-state index in [1.54, 1.807) is 0 Å². The highest BCUT2D eigenvalue weighted by atomic mass is 15.6. The summed E-state index contributed by atoms with van der Waals surface area (Å²) in [5.41, 5.74) is 7.59. The average Bonchev–Trinajstić information content (AvgIpc) is 2.74. The van der Waals surface area contributed by atoms with Gasteiger partial charge in [-0.05, 0) is 41.3 Å². The monoisotopic (exact) mass is 229 g/mol. The average molecular weight is 229 g/mol. The van der Waals surface area contributed by atoms with Gasteiger partial charge in [0.1, 0.15) is 0 Å². The van der Waals surface area contributed by atoms with Crippen LogP contribution in [0.15, 0.2) is 24.3 Å². The molecule has 0 bridgehead atoms. The number of nitrogens with two attached hydrogens (primary N) is 1. The van der Waals surface area contributed by atoms with Gasteiger partial charge in [0.2, 0.25) is 0 Å². The molecule has 1 heterocycles. The van der Waals surface area contributed by atoms with Gasteiger partial charge >= 0.3 is 0 Å². The lowest BCUT2D eigenvalue weighted by Gasteiger charge is -2.32. The molecule has 0 aliphatic heterocycles. The van der Waals surface area contributed by atoms with E-state index in [1.807, 2.05) is 28.9 Å². The molecule has 3 rings (SSSR count). The SMILES string of the molecule is CC1CC(n2nnnc2-c2ccccc2N)C1. The molecule has 1 saturated carbocycles. The van der Waals surface area contributed by atoms with Crippen LogP contribution in [0, 0.1) is 5.92 Å². The van der Waals surface area contributed by atoms with Crippen molar-refractivity contribution in [3.63, 3.8) is 0 Å². The third-order valence-corrected chi connectivity index (χ3v) is 3.39. The molecule has 5 nitrogen and oxygen atoms in total. The summed E-state index contributed by atoms with van der Waals surface area (Å²) in [6, 6.07) is 8.12. The van der Waals surface area contributed by atoms with Crippen LogP contribution in [-0.4, -0.2) is 20.2 Å². The van der Waals surface area contributed by atoms with Crippen LogP contribution in [0.1, 0.15) is 25.8 Å². The Bertz CT molecular complexity index is 527. The Morgan fingerprint density at radius 3 is 2.76 bits per heavy atom. The maximum atomic E-state index is 5.96. The van der Waals surface area contributed by atoms with Crippen molar-refractivity contribution in [1.82, 2.24) is 20.2 Å². The standard InChI is InChI=1S/C12H15N5/c1-8-6-9(7-8)17-12(14-15-16-17)10-4-2-3-5-11(10)13/h2-5,8-9H,6-7,13H2,1H3. The first-order valence-corrected chi connectivity index (χ1v) is 5.88. The van der Waals surface area contributed by atoms with Gasteiger partial charge in [0.25, 0.3) is 0 Å².